The quantitative estimate of drug-likeness (QED) is 0.843. The maximum absolute atomic E-state index is 4.47. The predicted octanol–water partition coefficient (Wildman–Crippen LogP) is 3.39. The highest BCUT2D eigenvalue weighted by Crippen LogP contribution is 2.35. The first-order chi connectivity index (χ1) is 8.36. The van der Waals surface area contributed by atoms with Crippen molar-refractivity contribution in [3.05, 3.63) is 36.2 Å². The van der Waals surface area contributed by atoms with Gasteiger partial charge in [0.25, 0.3) is 0 Å². The van der Waals surface area contributed by atoms with Crippen molar-refractivity contribution in [3.63, 3.8) is 0 Å². The molecule has 3 heteroatoms. The van der Waals surface area contributed by atoms with Crippen molar-refractivity contribution in [3.8, 4) is 11.4 Å². The maximum Gasteiger partial charge on any atom is 0.137 e. The second-order valence-corrected chi connectivity index (χ2v) is 4.64. The molecule has 0 unspecified atom stereocenters. The molecule has 0 bridgehead atoms. The Morgan fingerprint density at radius 1 is 1.24 bits per heavy atom. The maximum atomic E-state index is 4.47. The third-order valence-corrected chi connectivity index (χ3v) is 3.59. The molecule has 0 amide bonds. The Morgan fingerprint density at radius 2 is 2.00 bits per heavy atom. The van der Waals surface area contributed by atoms with Crippen molar-refractivity contribution in [2.24, 2.45) is 0 Å². The average molecular weight is 227 g/mol. The summed E-state index contributed by atoms with van der Waals surface area (Å²) in [6.45, 7) is 0. The highest BCUT2D eigenvalue weighted by Gasteiger charge is 2.21. The first kappa shape index (κ1) is 10.4. The van der Waals surface area contributed by atoms with E-state index in [1.165, 1.54) is 25.0 Å². The Bertz CT molecular complexity index is 494. The second kappa shape index (κ2) is 4.24. The van der Waals surface area contributed by atoms with E-state index in [-0.39, 0.29) is 0 Å². The number of imidazole rings is 1. The van der Waals surface area contributed by atoms with Crippen molar-refractivity contribution in [1.82, 2.24) is 9.97 Å². The Morgan fingerprint density at radius 3 is 2.59 bits per heavy atom. The molecular weight excluding hydrogens is 210 g/mol. The van der Waals surface area contributed by atoms with Crippen molar-refractivity contribution < 1.29 is 0 Å². The zero-order chi connectivity index (χ0) is 11.7. The van der Waals surface area contributed by atoms with Crippen LogP contribution in [0, 0.1) is 0 Å². The first-order valence-electron chi connectivity index (χ1n) is 6.20. The van der Waals surface area contributed by atoms with Gasteiger partial charge in [0.1, 0.15) is 5.82 Å². The number of anilines is 1. The van der Waals surface area contributed by atoms with Crippen LogP contribution in [0.15, 0.2) is 30.5 Å². The molecular formula is C14H17N3. The molecule has 1 saturated carbocycles. The van der Waals surface area contributed by atoms with Gasteiger partial charge in [-0.25, -0.2) is 4.98 Å². The highest BCUT2D eigenvalue weighted by molar-refractivity contribution is 5.59. The summed E-state index contributed by atoms with van der Waals surface area (Å²) in [5, 5.41) is 3.12. The van der Waals surface area contributed by atoms with Gasteiger partial charge in [-0.15, -0.1) is 0 Å². The molecule has 1 heterocycles. The number of H-pyrrole nitrogens is 1. The molecule has 1 aliphatic carbocycles. The van der Waals surface area contributed by atoms with Gasteiger partial charge in [-0.2, -0.15) is 0 Å². The van der Waals surface area contributed by atoms with Crippen LogP contribution in [0.5, 0.6) is 0 Å². The molecule has 0 radical (unpaired) electrons. The number of nitrogens with one attached hydrogen (secondary N) is 2. The fourth-order valence-corrected chi connectivity index (χ4v) is 2.20. The molecule has 3 rings (SSSR count). The Labute approximate surface area is 101 Å². The average Bonchev–Trinajstić information content (AvgIpc) is 2.76. The van der Waals surface area contributed by atoms with E-state index in [4.69, 9.17) is 0 Å². The number of nitrogens with zero attached hydrogens (tertiary/aromatic N) is 1. The number of aromatic amines is 1. The lowest BCUT2D eigenvalue weighted by Gasteiger charge is -2.23. The van der Waals surface area contributed by atoms with E-state index in [1.807, 2.05) is 13.2 Å². The van der Waals surface area contributed by atoms with Crippen LogP contribution in [0.3, 0.4) is 0 Å². The van der Waals surface area contributed by atoms with Gasteiger partial charge in [-0.1, -0.05) is 6.42 Å². The van der Waals surface area contributed by atoms with Gasteiger partial charge in [-0.3, -0.25) is 0 Å². The fourth-order valence-electron chi connectivity index (χ4n) is 2.20. The van der Waals surface area contributed by atoms with E-state index in [2.05, 4.69) is 39.6 Å². The second-order valence-electron chi connectivity index (χ2n) is 4.64. The minimum absolute atomic E-state index is 0.716. The van der Waals surface area contributed by atoms with E-state index < -0.39 is 0 Å². The molecule has 88 valence electrons. The van der Waals surface area contributed by atoms with Crippen LogP contribution in [0.2, 0.25) is 0 Å². The van der Waals surface area contributed by atoms with Crippen LogP contribution in [0.1, 0.15) is 30.9 Å². The minimum atomic E-state index is 0.716. The van der Waals surface area contributed by atoms with E-state index in [1.54, 1.807) is 0 Å². The first-order valence-corrected chi connectivity index (χ1v) is 6.20. The van der Waals surface area contributed by atoms with Gasteiger partial charge < -0.3 is 10.3 Å². The normalized spacial score (nSPS) is 15.6. The third-order valence-electron chi connectivity index (χ3n) is 3.59. The molecule has 2 aromatic rings. The van der Waals surface area contributed by atoms with Gasteiger partial charge in [0.05, 0.1) is 0 Å². The van der Waals surface area contributed by atoms with E-state index in [0.29, 0.717) is 5.92 Å². The van der Waals surface area contributed by atoms with Crippen LogP contribution >= 0.6 is 0 Å². The molecule has 0 spiro atoms. The van der Waals surface area contributed by atoms with Crippen LogP contribution in [-0.4, -0.2) is 17.0 Å². The standard InChI is InChI=1S/C14H17N3/c1-15-12-7-5-11(6-8-12)14-16-9-13(17-14)10-3-2-4-10/h5-10,15H,2-4H2,1H3,(H,16,17). The van der Waals surface area contributed by atoms with E-state index >= 15 is 0 Å². The van der Waals surface area contributed by atoms with Crippen molar-refractivity contribution >= 4 is 5.69 Å². The predicted molar refractivity (Wildman–Crippen MR) is 70.2 cm³/mol. The number of hydrogen-bond donors (Lipinski definition) is 2. The lowest BCUT2D eigenvalue weighted by Crippen LogP contribution is -2.08. The van der Waals surface area contributed by atoms with Gasteiger partial charge in [0.2, 0.25) is 0 Å². The molecule has 0 aliphatic heterocycles. The van der Waals surface area contributed by atoms with Crippen molar-refractivity contribution in [2.75, 3.05) is 12.4 Å². The summed E-state index contributed by atoms with van der Waals surface area (Å²) in [6.07, 6.45) is 5.96. The van der Waals surface area contributed by atoms with Gasteiger partial charge >= 0.3 is 0 Å². The summed E-state index contributed by atoms with van der Waals surface area (Å²) in [5.41, 5.74) is 3.57. The summed E-state index contributed by atoms with van der Waals surface area (Å²) in [7, 11) is 1.93. The highest BCUT2D eigenvalue weighted by atomic mass is 14.9. The summed E-state index contributed by atoms with van der Waals surface area (Å²) in [5.74, 6) is 1.70. The molecule has 1 fully saturated rings. The lowest BCUT2D eigenvalue weighted by molar-refractivity contribution is 0.412. The molecule has 0 atom stereocenters. The Balaban J connectivity index is 1.84. The number of aromatic nitrogens is 2. The molecule has 17 heavy (non-hydrogen) atoms. The largest absolute Gasteiger partial charge is 0.388 e. The molecule has 1 aromatic carbocycles. The minimum Gasteiger partial charge on any atom is -0.388 e. The number of hydrogen-bond acceptors (Lipinski definition) is 2. The lowest BCUT2D eigenvalue weighted by atomic mass is 9.83. The van der Waals surface area contributed by atoms with Crippen LogP contribution in [0.25, 0.3) is 11.4 Å². The summed E-state index contributed by atoms with van der Waals surface area (Å²) >= 11 is 0. The van der Waals surface area contributed by atoms with Gasteiger partial charge in [0.15, 0.2) is 0 Å². The van der Waals surface area contributed by atoms with Crippen molar-refractivity contribution in [2.45, 2.75) is 25.2 Å². The monoisotopic (exact) mass is 227 g/mol. The zero-order valence-electron chi connectivity index (χ0n) is 10.0. The topological polar surface area (TPSA) is 40.7 Å². The third kappa shape index (κ3) is 1.93. The molecule has 3 nitrogen and oxygen atoms in total. The number of benzene rings is 1. The van der Waals surface area contributed by atoms with Gasteiger partial charge in [-0.05, 0) is 37.1 Å². The fraction of sp³-hybridized carbons (Fsp3) is 0.357. The van der Waals surface area contributed by atoms with E-state index in [9.17, 15) is 0 Å². The molecule has 0 saturated heterocycles. The molecule has 1 aliphatic rings. The number of rotatable bonds is 3. The van der Waals surface area contributed by atoms with Crippen molar-refractivity contribution in [1.29, 1.82) is 0 Å². The van der Waals surface area contributed by atoms with Crippen LogP contribution in [-0.2, 0) is 0 Å². The van der Waals surface area contributed by atoms with Crippen LogP contribution in [0.4, 0.5) is 5.69 Å². The van der Waals surface area contributed by atoms with Gasteiger partial charge in [0, 0.05) is 36.1 Å². The van der Waals surface area contributed by atoms with Crippen LogP contribution < -0.4 is 5.32 Å². The SMILES string of the molecule is CNc1ccc(-c2ncc(C3CCC3)[nH]2)cc1. The summed E-state index contributed by atoms with van der Waals surface area (Å²) in [4.78, 5) is 7.91. The Hall–Kier alpha value is -1.77. The summed E-state index contributed by atoms with van der Waals surface area (Å²) in [6, 6.07) is 8.33. The smallest absolute Gasteiger partial charge is 0.137 e. The zero-order valence-corrected chi connectivity index (χ0v) is 10.0. The Kier molecular flexibility index (Phi) is 2.59. The van der Waals surface area contributed by atoms with E-state index in [0.717, 1.165) is 17.1 Å². The molecule has 2 N–H and O–H groups in total. The summed E-state index contributed by atoms with van der Waals surface area (Å²) < 4.78 is 0. The molecule has 1 aromatic heterocycles.